The lowest BCUT2D eigenvalue weighted by Crippen LogP contribution is -2.56. The van der Waals surface area contributed by atoms with Crippen molar-refractivity contribution in [3.05, 3.63) is 0 Å². The molecule has 3 unspecified atom stereocenters. The van der Waals surface area contributed by atoms with Crippen LogP contribution >= 0.6 is 15.9 Å². The van der Waals surface area contributed by atoms with Crippen molar-refractivity contribution in [2.75, 3.05) is 11.9 Å². The molecule has 4 aliphatic rings. The van der Waals surface area contributed by atoms with Crippen molar-refractivity contribution in [3.63, 3.8) is 0 Å². The second kappa shape index (κ2) is 5.86. The van der Waals surface area contributed by atoms with Gasteiger partial charge in [-0.15, -0.1) is 0 Å². The minimum absolute atomic E-state index is 0.000127. The van der Waals surface area contributed by atoms with E-state index < -0.39 is 0 Å². The molecular formula is C18H30BrNO. The van der Waals surface area contributed by atoms with Crippen molar-refractivity contribution >= 4 is 21.8 Å². The largest absolute Gasteiger partial charge is 0.356 e. The van der Waals surface area contributed by atoms with E-state index in [4.69, 9.17) is 0 Å². The monoisotopic (exact) mass is 355 g/mol. The molecule has 4 fully saturated rings. The first-order chi connectivity index (χ1) is 9.95. The molecule has 0 aromatic heterocycles. The number of hydrogen-bond donors (Lipinski definition) is 1. The Bertz CT molecular complexity index is 394. The molecule has 0 spiro atoms. The average molecular weight is 356 g/mol. The molecule has 0 aromatic rings. The minimum atomic E-state index is -0.000127. The third-order valence-electron chi connectivity index (χ3n) is 6.26. The molecule has 4 aliphatic carbocycles. The number of carbonyl (C=O) groups excluding carboxylic acids is 1. The van der Waals surface area contributed by atoms with Gasteiger partial charge in [-0.05, 0) is 74.5 Å². The van der Waals surface area contributed by atoms with Crippen LogP contribution in [0.5, 0.6) is 0 Å². The summed E-state index contributed by atoms with van der Waals surface area (Å²) in [5.74, 6) is 2.75. The molecule has 2 nitrogen and oxygen atoms in total. The number of amides is 1. The van der Waals surface area contributed by atoms with Gasteiger partial charge in [0.2, 0.25) is 5.91 Å². The number of halogens is 1. The summed E-state index contributed by atoms with van der Waals surface area (Å²) < 4.78 is 0. The normalized spacial score (nSPS) is 42.0. The summed E-state index contributed by atoms with van der Waals surface area (Å²) in [5, 5.41) is 4.34. The summed E-state index contributed by atoms with van der Waals surface area (Å²) in [6.07, 6.45) is 9.94. The Morgan fingerprint density at radius 3 is 2.52 bits per heavy atom. The van der Waals surface area contributed by atoms with Gasteiger partial charge in [0.05, 0.1) is 5.41 Å². The summed E-state index contributed by atoms with van der Waals surface area (Å²) in [5.41, 5.74) is 0.464. The predicted molar refractivity (Wildman–Crippen MR) is 90.4 cm³/mol. The molecule has 21 heavy (non-hydrogen) atoms. The summed E-state index contributed by atoms with van der Waals surface area (Å²) in [6.45, 7) is 5.56. The highest BCUT2D eigenvalue weighted by Gasteiger charge is 2.58. The lowest BCUT2D eigenvalue weighted by molar-refractivity contribution is -0.155. The second-order valence-corrected chi connectivity index (χ2v) is 9.36. The molecule has 1 amide bonds. The second-order valence-electron chi connectivity index (χ2n) is 8.71. The number of alkyl halides is 1. The topological polar surface area (TPSA) is 29.1 Å². The maximum Gasteiger partial charge on any atom is 0.226 e. The molecule has 0 aliphatic heterocycles. The zero-order valence-electron chi connectivity index (χ0n) is 13.6. The van der Waals surface area contributed by atoms with Crippen LogP contribution in [-0.2, 0) is 4.79 Å². The van der Waals surface area contributed by atoms with E-state index in [1.54, 1.807) is 0 Å². The van der Waals surface area contributed by atoms with Crippen LogP contribution in [0.2, 0.25) is 0 Å². The maximum atomic E-state index is 12.8. The SMILES string of the molecule is CC(CBr)CCCNC(=O)C12CC3CC(CC(C)(C3)C1)C2. The van der Waals surface area contributed by atoms with Crippen molar-refractivity contribution in [3.8, 4) is 0 Å². The predicted octanol–water partition coefficient (Wildman–Crippen LogP) is 4.52. The van der Waals surface area contributed by atoms with Crippen LogP contribution in [0.4, 0.5) is 0 Å². The van der Waals surface area contributed by atoms with E-state index in [2.05, 4.69) is 35.1 Å². The first-order valence-corrected chi connectivity index (χ1v) is 9.91. The van der Waals surface area contributed by atoms with Crippen molar-refractivity contribution in [2.24, 2.45) is 28.6 Å². The first-order valence-electron chi connectivity index (χ1n) is 8.79. The van der Waals surface area contributed by atoms with Gasteiger partial charge in [-0.1, -0.05) is 29.8 Å². The molecule has 0 saturated heterocycles. The van der Waals surface area contributed by atoms with Crippen LogP contribution in [0, 0.1) is 28.6 Å². The van der Waals surface area contributed by atoms with E-state index in [-0.39, 0.29) is 5.41 Å². The van der Waals surface area contributed by atoms with Gasteiger partial charge in [-0.25, -0.2) is 0 Å². The van der Waals surface area contributed by atoms with Crippen LogP contribution in [0.15, 0.2) is 0 Å². The van der Waals surface area contributed by atoms with E-state index in [0.29, 0.717) is 17.2 Å². The molecule has 4 saturated carbocycles. The van der Waals surface area contributed by atoms with Gasteiger partial charge in [0.15, 0.2) is 0 Å². The molecular weight excluding hydrogens is 326 g/mol. The van der Waals surface area contributed by atoms with Gasteiger partial charge in [0.25, 0.3) is 0 Å². The number of rotatable bonds is 6. The fraction of sp³-hybridized carbons (Fsp3) is 0.944. The van der Waals surface area contributed by atoms with E-state index in [1.165, 1.54) is 38.5 Å². The lowest BCUT2D eigenvalue weighted by atomic mass is 9.44. The third kappa shape index (κ3) is 3.18. The Morgan fingerprint density at radius 2 is 1.95 bits per heavy atom. The van der Waals surface area contributed by atoms with Gasteiger partial charge in [-0.3, -0.25) is 4.79 Å². The number of nitrogens with one attached hydrogen (secondary N) is 1. The first kappa shape index (κ1) is 15.8. The molecule has 0 radical (unpaired) electrons. The van der Waals surface area contributed by atoms with E-state index in [0.717, 1.165) is 36.6 Å². The highest BCUT2D eigenvalue weighted by Crippen LogP contribution is 2.65. The Labute approximate surface area is 138 Å². The smallest absolute Gasteiger partial charge is 0.226 e. The van der Waals surface area contributed by atoms with E-state index >= 15 is 0 Å². The van der Waals surface area contributed by atoms with Crippen LogP contribution in [-0.4, -0.2) is 17.8 Å². The molecule has 3 atom stereocenters. The van der Waals surface area contributed by atoms with Gasteiger partial charge in [0, 0.05) is 11.9 Å². The van der Waals surface area contributed by atoms with E-state index in [1.807, 2.05) is 0 Å². The Hall–Kier alpha value is -0.0500. The molecule has 0 heterocycles. The van der Waals surface area contributed by atoms with Crippen molar-refractivity contribution < 1.29 is 4.79 Å². The number of hydrogen-bond acceptors (Lipinski definition) is 1. The lowest BCUT2D eigenvalue weighted by Gasteiger charge is -2.60. The molecule has 120 valence electrons. The summed E-state index contributed by atoms with van der Waals surface area (Å²) in [6, 6.07) is 0. The van der Waals surface area contributed by atoms with Crippen LogP contribution in [0.3, 0.4) is 0 Å². The van der Waals surface area contributed by atoms with Crippen molar-refractivity contribution in [2.45, 2.75) is 65.2 Å². The zero-order valence-corrected chi connectivity index (χ0v) is 15.2. The van der Waals surface area contributed by atoms with E-state index in [9.17, 15) is 4.79 Å². The van der Waals surface area contributed by atoms with Crippen LogP contribution in [0.25, 0.3) is 0 Å². The highest BCUT2D eigenvalue weighted by molar-refractivity contribution is 9.09. The molecule has 4 rings (SSSR count). The molecule has 1 N–H and O–H groups in total. The molecule has 3 heteroatoms. The average Bonchev–Trinajstić information content (AvgIpc) is 2.40. The van der Waals surface area contributed by atoms with Crippen molar-refractivity contribution in [1.82, 2.24) is 5.32 Å². The van der Waals surface area contributed by atoms with Crippen LogP contribution < -0.4 is 5.32 Å². The van der Waals surface area contributed by atoms with Gasteiger partial charge in [-0.2, -0.15) is 0 Å². The fourth-order valence-electron chi connectivity index (χ4n) is 5.90. The van der Waals surface area contributed by atoms with Gasteiger partial charge in [0.1, 0.15) is 0 Å². The molecule has 4 bridgehead atoms. The van der Waals surface area contributed by atoms with Gasteiger partial charge >= 0.3 is 0 Å². The van der Waals surface area contributed by atoms with Crippen LogP contribution in [0.1, 0.15) is 65.2 Å². The summed E-state index contributed by atoms with van der Waals surface area (Å²) in [7, 11) is 0. The Balaban J connectivity index is 1.55. The van der Waals surface area contributed by atoms with Crippen molar-refractivity contribution in [1.29, 1.82) is 0 Å². The van der Waals surface area contributed by atoms with Gasteiger partial charge < -0.3 is 5.32 Å². The number of carbonyl (C=O) groups is 1. The fourth-order valence-corrected chi connectivity index (χ4v) is 6.23. The Kier molecular flexibility index (Phi) is 4.42. The highest BCUT2D eigenvalue weighted by atomic mass is 79.9. The zero-order chi connectivity index (χ0) is 15.1. The Morgan fingerprint density at radius 1 is 1.29 bits per heavy atom. The summed E-state index contributed by atoms with van der Waals surface area (Å²) >= 11 is 3.52. The summed E-state index contributed by atoms with van der Waals surface area (Å²) in [4.78, 5) is 12.8. The standard InChI is InChI=1S/C18H30BrNO/c1-13(11-19)4-3-5-20-16(21)18-9-14-6-15(10-18)8-17(2,7-14)12-18/h13-15H,3-12H2,1-2H3,(H,20,21). The maximum absolute atomic E-state index is 12.8. The quantitative estimate of drug-likeness (QED) is 0.550. The third-order valence-corrected chi connectivity index (χ3v) is 7.36. The minimum Gasteiger partial charge on any atom is -0.356 e. The molecule has 0 aromatic carbocycles.